The maximum atomic E-state index is 11.9. The summed E-state index contributed by atoms with van der Waals surface area (Å²) in [5, 5.41) is 10.2. The van der Waals surface area contributed by atoms with Crippen molar-refractivity contribution in [2.45, 2.75) is 13.0 Å². The first kappa shape index (κ1) is 15.0. The molecule has 0 spiro atoms. The fourth-order valence-electron chi connectivity index (χ4n) is 1.50. The van der Waals surface area contributed by atoms with Gasteiger partial charge in [0.25, 0.3) is 5.56 Å². The highest BCUT2D eigenvalue weighted by Gasteiger charge is 2.12. The zero-order valence-corrected chi connectivity index (χ0v) is 11.8. The van der Waals surface area contributed by atoms with Crippen LogP contribution in [0.1, 0.15) is 5.89 Å². The second-order valence-electron chi connectivity index (χ2n) is 3.92. The number of carbonyl (C=O) groups excluding carboxylic acids is 1. The van der Waals surface area contributed by atoms with Crippen LogP contribution < -0.4 is 10.9 Å². The minimum absolute atomic E-state index is 0.0561. The zero-order valence-electron chi connectivity index (χ0n) is 11.1. The predicted octanol–water partition coefficient (Wildman–Crippen LogP) is 0.107. The van der Waals surface area contributed by atoms with Crippen molar-refractivity contribution in [2.75, 3.05) is 19.0 Å². The maximum absolute atomic E-state index is 11.9. The van der Waals surface area contributed by atoms with E-state index in [0.717, 1.165) is 4.68 Å². The summed E-state index contributed by atoms with van der Waals surface area (Å²) >= 11 is 5.95. The van der Waals surface area contributed by atoms with Crippen LogP contribution in [-0.4, -0.2) is 39.5 Å². The average molecular weight is 314 g/mol. The lowest BCUT2D eigenvalue weighted by Gasteiger charge is -2.08. The Labute approximate surface area is 123 Å². The van der Waals surface area contributed by atoms with Crippen molar-refractivity contribution in [1.82, 2.24) is 19.9 Å². The molecule has 112 valence electrons. The quantitative estimate of drug-likeness (QED) is 0.748. The number of nitrogens with one attached hydrogen (secondary N) is 1. The van der Waals surface area contributed by atoms with E-state index in [-0.39, 0.29) is 11.6 Å². The first-order valence-corrected chi connectivity index (χ1v) is 6.31. The number of nitrogens with zero attached hydrogens (tertiary/aromatic N) is 4. The molecule has 10 heteroatoms. The van der Waals surface area contributed by atoms with Crippen LogP contribution in [-0.2, 0) is 22.5 Å². The van der Waals surface area contributed by atoms with Crippen LogP contribution in [0.3, 0.4) is 0 Å². The summed E-state index contributed by atoms with van der Waals surface area (Å²) < 4.78 is 10.2. The molecule has 2 aromatic rings. The van der Waals surface area contributed by atoms with Crippen molar-refractivity contribution < 1.29 is 14.1 Å². The zero-order chi connectivity index (χ0) is 15.2. The second-order valence-corrected chi connectivity index (χ2v) is 4.30. The Morgan fingerprint density at radius 2 is 2.38 bits per heavy atom. The largest absolute Gasteiger partial charge is 0.468 e. The Bertz CT molecular complexity index is 670. The molecule has 0 saturated carbocycles. The number of aromatic nitrogens is 4. The molecule has 0 amide bonds. The Morgan fingerprint density at radius 1 is 1.57 bits per heavy atom. The second kappa shape index (κ2) is 6.84. The van der Waals surface area contributed by atoms with E-state index in [2.05, 4.69) is 25.3 Å². The first-order chi connectivity index (χ1) is 10.1. The van der Waals surface area contributed by atoms with Gasteiger partial charge in [0, 0.05) is 13.0 Å². The SMILES string of the molecule is COC(=O)Cn1ncc(NCCc2ncno2)c(Cl)c1=O. The van der Waals surface area contributed by atoms with Crippen LogP contribution in [0.25, 0.3) is 0 Å². The van der Waals surface area contributed by atoms with Gasteiger partial charge in [-0.15, -0.1) is 0 Å². The molecule has 0 aliphatic heterocycles. The number of esters is 1. The fourth-order valence-corrected chi connectivity index (χ4v) is 1.71. The van der Waals surface area contributed by atoms with Crippen molar-refractivity contribution in [2.24, 2.45) is 0 Å². The van der Waals surface area contributed by atoms with Crippen molar-refractivity contribution in [3.63, 3.8) is 0 Å². The number of rotatable bonds is 6. The Hall–Kier alpha value is -2.42. The lowest BCUT2D eigenvalue weighted by Crippen LogP contribution is -2.28. The summed E-state index contributed by atoms with van der Waals surface area (Å²) in [4.78, 5) is 26.9. The number of ether oxygens (including phenoxy) is 1. The van der Waals surface area contributed by atoms with Crippen LogP contribution in [0.4, 0.5) is 5.69 Å². The van der Waals surface area contributed by atoms with E-state index >= 15 is 0 Å². The van der Waals surface area contributed by atoms with E-state index in [1.54, 1.807) is 0 Å². The summed E-state index contributed by atoms with van der Waals surface area (Å²) in [6.07, 6.45) is 3.14. The van der Waals surface area contributed by atoms with Gasteiger partial charge in [-0.05, 0) is 0 Å². The summed E-state index contributed by atoms with van der Waals surface area (Å²) in [6.45, 7) is 0.140. The number of methoxy groups -OCH3 is 1. The molecule has 0 aliphatic rings. The number of hydrogen-bond donors (Lipinski definition) is 1. The van der Waals surface area contributed by atoms with Gasteiger partial charge in [-0.2, -0.15) is 10.1 Å². The molecule has 0 fully saturated rings. The minimum atomic E-state index is -0.585. The van der Waals surface area contributed by atoms with Gasteiger partial charge in [0.05, 0.1) is 19.0 Å². The van der Waals surface area contributed by atoms with Gasteiger partial charge in [-0.1, -0.05) is 16.8 Å². The average Bonchev–Trinajstić information content (AvgIpc) is 2.99. The molecule has 0 unspecified atom stereocenters. The van der Waals surface area contributed by atoms with Crippen LogP contribution in [0.15, 0.2) is 21.8 Å². The van der Waals surface area contributed by atoms with E-state index in [1.165, 1.54) is 19.6 Å². The van der Waals surface area contributed by atoms with Gasteiger partial charge in [0.15, 0.2) is 6.33 Å². The van der Waals surface area contributed by atoms with Gasteiger partial charge >= 0.3 is 5.97 Å². The highest BCUT2D eigenvalue weighted by molar-refractivity contribution is 6.32. The minimum Gasteiger partial charge on any atom is -0.468 e. The molecule has 9 nitrogen and oxygen atoms in total. The van der Waals surface area contributed by atoms with Crippen LogP contribution >= 0.6 is 11.6 Å². The summed E-state index contributed by atoms with van der Waals surface area (Å²) in [5.74, 6) is -0.122. The molecule has 0 radical (unpaired) electrons. The van der Waals surface area contributed by atoms with Crippen LogP contribution in [0.2, 0.25) is 5.02 Å². The molecule has 2 aromatic heterocycles. The highest BCUT2D eigenvalue weighted by Crippen LogP contribution is 2.15. The Balaban J connectivity index is 2.02. The number of hydrogen-bond acceptors (Lipinski definition) is 8. The van der Waals surface area contributed by atoms with Crippen molar-refractivity contribution in [3.8, 4) is 0 Å². The van der Waals surface area contributed by atoms with Gasteiger partial charge in [0.1, 0.15) is 11.6 Å². The van der Waals surface area contributed by atoms with Crippen LogP contribution in [0, 0.1) is 0 Å². The summed E-state index contributed by atoms with van der Waals surface area (Å²) in [7, 11) is 1.22. The third-order valence-electron chi connectivity index (χ3n) is 2.55. The molecule has 0 saturated heterocycles. The molecule has 0 atom stereocenters. The van der Waals surface area contributed by atoms with Crippen LogP contribution in [0.5, 0.6) is 0 Å². The lowest BCUT2D eigenvalue weighted by molar-refractivity contribution is -0.141. The normalized spacial score (nSPS) is 10.4. The predicted molar refractivity (Wildman–Crippen MR) is 72.0 cm³/mol. The topological polar surface area (TPSA) is 112 Å². The molecule has 0 bridgehead atoms. The van der Waals surface area contributed by atoms with E-state index in [4.69, 9.17) is 16.1 Å². The van der Waals surface area contributed by atoms with E-state index in [9.17, 15) is 9.59 Å². The Kier molecular flexibility index (Phi) is 4.88. The molecule has 21 heavy (non-hydrogen) atoms. The number of carbonyl (C=O) groups is 1. The summed E-state index contributed by atoms with van der Waals surface area (Å²) in [6, 6.07) is 0. The van der Waals surface area contributed by atoms with Gasteiger partial charge in [-0.25, -0.2) is 4.68 Å². The maximum Gasteiger partial charge on any atom is 0.327 e. The monoisotopic (exact) mass is 313 g/mol. The van der Waals surface area contributed by atoms with Crippen molar-refractivity contribution in [3.05, 3.63) is 33.8 Å². The molecule has 2 heterocycles. The van der Waals surface area contributed by atoms with E-state index < -0.39 is 11.5 Å². The fraction of sp³-hybridized carbons (Fsp3) is 0.364. The standard InChI is InChI=1S/C11H12ClN5O4/c1-20-9(18)5-17-11(19)10(12)7(4-15-17)13-3-2-8-14-6-16-21-8/h4,6,13H,2-3,5H2,1H3. The molecule has 0 aliphatic carbocycles. The summed E-state index contributed by atoms with van der Waals surface area (Å²) in [5.41, 5.74) is -0.216. The first-order valence-electron chi connectivity index (χ1n) is 5.93. The molecular formula is C11H12ClN5O4. The van der Waals surface area contributed by atoms with Crippen molar-refractivity contribution in [1.29, 1.82) is 0 Å². The molecule has 2 rings (SSSR count). The molecule has 0 aromatic carbocycles. The smallest absolute Gasteiger partial charge is 0.327 e. The van der Waals surface area contributed by atoms with E-state index in [1.807, 2.05) is 0 Å². The highest BCUT2D eigenvalue weighted by atomic mass is 35.5. The third kappa shape index (κ3) is 3.78. The lowest BCUT2D eigenvalue weighted by atomic mass is 10.4. The van der Waals surface area contributed by atoms with Gasteiger partial charge in [0.2, 0.25) is 5.89 Å². The van der Waals surface area contributed by atoms with E-state index in [0.29, 0.717) is 24.5 Å². The number of halogens is 1. The molecular weight excluding hydrogens is 302 g/mol. The molecule has 1 N–H and O–H groups in total. The van der Waals surface area contributed by atoms with Gasteiger partial charge in [-0.3, -0.25) is 9.59 Å². The Morgan fingerprint density at radius 3 is 3.05 bits per heavy atom. The van der Waals surface area contributed by atoms with Crippen molar-refractivity contribution >= 4 is 23.3 Å². The number of anilines is 1. The van der Waals surface area contributed by atoms with Gasteiger partial charge < -0.3 is 14.6 Å². The third-order valence-corrected chi connectivity index (χ3v) is 2.92.